The van der Waals surface area contributed by atoms with Crippen molar-refractivity contribution >= 4 is 11.4 Å². The molecule has 0 radical (unpaired) electrons. The maximum Gasteiger partial charge on any atom is 0.133 e. The zero-order valence-corrected chi connectivity index (χ0v) is 17.8. The highest BCUT2D eigenvalue weighted by atomic mass is 15.0. The summed E-state index contributed by atoms with van der Waals surface area (Å²) in [5.41, 5.74) is 7.75. The SMILES string of the molecule is C=C1c2c(ccnc2NCC(C)C)CCC1Cc1ccc(-c2cccn2C)cc1. The number of rotatable bonds is 6. The van der Waals surface area contributed by atoms with Gasteiger partial charge in [-0.3, -0.25) is 0 Å². The monoisotopic (exact) mass is 385 g/mol. The van der Waals surface area contributed by atoms with Crippen molar-refractivity contribution in [2.45, 2.75) is 33.1 Å². The predicted molar refractivity (Wildman–Crippen MR) is 123 cm³/mol. The lowest BCUT2D eigenvalue weighted by Gasteiger charge is -2.29. The van der Waals surface area contributed by atoms with Crippen molar-refractivity contribution in [1.29, 1.82) is 0 Å². The quantitative estimate of drug-likeness (QED) is 0.566. The summed E-state index contributed by atoms with van der Waals surface area (Å²) in [7, 11) is 2.09. The van der Waals surface area contributed by atoms with Crippen LogP contribution in [0, 0.1) is 11.8 Å². The maximum absolute atomic E-state index is 4.63. The van der Waals surface area contributed by atoms with Gasteiger partial charge >= 0.3 is 0 Å². The number of allylic oxidation sites excluding steroid dienone is 1. The molecule has 4 rings (SSSR count). The van der Waals surface area contributed by atoms with Crippen molar-refractivity contribution in [1.82, 2.24) is 9.55 Å². The molecule has 1 aliphatic carbocycles. The van der Waals surface area contributed by atoms with Crippen LogP contribution in [-0.2, 0) is 19.9 Å². The minimum atomic E-state index is 0.465. The second-order valence-electron chi connectivity index (χ2n) is 8.63. The van der Waals surface area contributed by atoms with Gasteiger partial charge < -0.3 is 9.88 Å². The normalized spacial score (nSPS) is 16.1. The van der Waals surface area contributed by atoms with Crippen molar-refractivity contribution in [2.75, 3.05) is 11.9 Å². The minimum absolute atomic E-state index is 0.465. The van der Waals surface area contributed by atoms with E-state index in [0.717, 1.165) is 31.6 Å². The Morgan fingerprint density at radius 2 is 1.97 bits per heavy atom. The number of hydrogen-bond donors (Lipinski definition) is 1. The fourth-order valence-electron chi connectivity index (χ4n) is 4.29. The molecular formula is C26H31N3. The Hall–Kier alpha value is -2.81. The first-order valence-electron chi connectivity index (χ1n) is 10.6. The molecule has 2 heterocycles. The number of hydrogen-bond acceptors (Lipinski definition) is 2. The second-order valence-corrected chi connectivity index (χ2v) is 8.63. The molecule has 3 heteroatoms. The molecule has 1 N–H and O–H groups in total. The maximum atomic E-state index is 4.63. The molecule has 3 aromatic rings. The third-order valence-electron chi connectivity index (χ3n) is 5.97. The molecule has 0 bridgehead atoms. The van der Waals surface area contributed by atoms with Crippen LogP contribution in [0.4, 0.5) is 5.82 Å². The van der Waals surface area contributed by atoms with Crippen molar-refractivity contribution in [3.63, 3.8) is 0 Å². The van der Waals surface area contributed by atoms with Crippen LogP contribution >= 0.6 is 0 Å². The second kappa shape index (κ2) is 8.28. The van der Waals surface area contributed by atoms with E-state index >= 15 is 0 Å². The van der Waals surface area contributed by atoms with Crippen LogP contribution < -0.4 is 5.32 Å². The smallest absolute Gasteiger partial charge is 0.133 e. The molecule has 0 saturated carbocycles. The first-order valence-corrected chi connectivity index (χ1v) is 10.6. The van der Waals surface area contributed by atoms with Crippen LogP contribution in [0.15, 0.2) is 61.4 Å². The molecule has 3 nitrogen and oxygen atoms in total. The van der Waals surface area contributed by atoms with Gasteiger partial charge in [-0.1, -0.05) is 44.7 Å². The van der Waals surface area contributed by atoms with E-state index in [9.17, 15) is 0 Å². The van der Waals surface area contributed by atoms with Gasteiger partial charge in [0.2, 0.25) is 0 Å². The molecule has 1 atom stereocenters. The van der Waals surface area contributed by atoms with Gasteiger partial charge in [0.25, 0.3) is 0 Å². The summed E-state index contributed by atoms with van der Waals surface area (Å²) in [6.45, 7) is 9.88. The third kappa shape index (κ3) is 4.14. The highest BCUT2D eigenvalue weighted by Gasteiger charge is 2.25. The Labute approximate surface area is 174 Å². The van der Waals surface area contributed by atoms with Crippen molar-refractivity contribution in [2.24, 2.45) is 18.9 Å². The van der Waals surface area contributed by atoms with Crippen LogP contribution in [0.5, 0.6) is 0 Å². The van der Waals surface area contributed by atoms with E-state index in [1.165, 1.54) is 33.5 Å². The van der Waals surface area contributed by atoms with E-state index in [2.05, 4.69) is 91.0 Å². The van der Waals surface area contributed by atoms with E-state index in [1.807, 2.05) is 6.20 Å². The van der Waals surface area contributed by atoms with Gasteiger partial charge in [-0.25, -0.2) is 4.98 Å². The standard InChI is InChI=1S/C26H31N3/c1-18(2)17-28-26-25-19(3)23(12-11-22(25)13-14-27-26)16-20-7-9-21(10-8-20)24-6-5-15-29(24)4/h5-10,13-15,18,23H,3,11-12,16-17H2,1-2,4H3,(H,27,28). The molecule has 0 amide bonds. The van der Waals surface area contributed by atoms with E-state index in [-0.39, 0.29) is 0 Å². The van der Waals surface area contributed by atoms with E-state index in [0.29, 0.717) is 11.8 Å². The lowest BCUT2D eigenvalue weighted by molar-refractivity contribution is 0.586. The Kier molecular flexibility index (Phi) is 5.57. The molecule has 0 fully saturated rings. The van der Waals surface area contributed by atoms with E-state index in [4.69, 9.17) is 0 Å². The summed E-state index contributed by atoms with van der Waals surface area (Å²) in [6.07, 6.45) is 7.30. The van der Waals surface area contributed by atoms with Gasteiger partial charge in [0.1, 0.15) is 5.82 Å². The number of fused-ring (bicyclic) bond motifs is 1. The summed E-state index contributed by atoms with van der Waals surface area (Å²) < 4.78 is 2.16. The molecular weight excluding hydrogens is 354 g/mol. The Morgan fingerprint density at radius 3 is 2.66 bits per heavy atom. The number of aromatic nitrogens is 2. The first kappa shape index (κ1) is 19.5. The average Bonchev–Trinajstić information content (AvgIpc) is 3.15. The first-order chi connectivity index (χ1) is 14.0. The zero-order chi connectivity index (χ0) is 20.4. The molecule has 0 saturated heterocycles. The molecule has 29 heavy (non-hydrogen) atoms. The van der Waals surface area contributed by atoms with Crippen LogP contribution in [0.2, 0.25) is 0 Å². The molecule has 1 aromatic carbocycles. The van der Waals surface area contributed by atoms with Crippen molar-refractivity contribution < 1.29 is 0 Å². The molecule has 150 valence electrons. The van der Waals surface area contributed by atoms with Gasteiger partial charge in [-0.2, -0.15) is 0 Å². The Morgan fingerprint density at radius 1 is 1.17 bits per heavy atom. The summed E-state index contributed by atoms with van der Waals surface area (Å²) in [5, 5.41) is 3.54. The Bertz CT molecular complexity index is 995. The van der Waals surface area contributed by atoms with Crippen molar-refractivity contribution in [3.05, 3.63) is 78.1 Å². The molecule has 1 unspecified atom stereocenters. The number of anilines is 1. The van der Waals surface area contributed by atoms with Gasteiger partial charge in [0.15, 0.2) is 0 Å². The van der Waals surface area contributed by atoms with E-state index in [1.54, 1.807) is 0 Å². The summed E-state index contributed by atoms with van der Waals surface area (Å²) in [6, 6.07) is 15.4. The fraction of sp³-hybridized carbons (Fsp3) is 0.346. The van der Waals surface area contributed by atoms with Crippen LogP contribution in [-0.4, -0.2) is 16.1 Å². The largest absolute Gasteiger partial charge is 0.369 e. The van der Waals surface area contributed by atoms with Gasteiger partial charge in [-0.05, 0) is 71.6 Å². The topological polar surface area (TPSA) is 29.9 Å². The van der Waals surface area contributed by atoms with Crippen LogP contribution in [0.3, 0.4) is 0 Å². The highest BCUT2D eigenvalue weighted by molar-refractivity contribution is 5.78. The number of nitrogens with one attached hydrogen (secondary N) is 1. The third-order valence-corrected chi connectivity index (χ3v) is 5.97. The van der Waals surface area contributed by atoms with Crippen molar-refractivity contribution in [3.8, 4) is 11.3 Å². The van der Waals surface area contributed by atoms with Crippen LogP contribution in [0.1, 0.15) is 37.0 Å². The lowest BCUT2D eigenvalue weighted by atomic mass is 9.77. The number of benzene rings is 1. The average molecular weight is 386 g/mol. The molecule has 0 aliphatic heterocycles. The summed E-state index contributed by atoms with van der Waals surface area (Å²) in [5.74, 6) is 2.06. The van der Waals surface area contributed by atoms with Gasteiger partial charge in [0.05, 0.1) is 0 Å². The number of pyridine rings is 1. The number of nitrogens with zero attached hydrogens (tertiary/aromatic N) is 2. The predicted octanol–water partition coefficient (Wildman–Crippen LogP) is 5.97. The molecule has 2 aromatic heterocycles. The van der Waals surface area contributed by atoms with E-state index < -0.39 is 0 Å². The van der Waals surface area contributed by atoms with Gasteiger partial charge in [-0.15, -0.1) is 0 Å². The highest BCUT2D eigenvalue weighted by Crippen LogP contribution is 2.39. The van der Waals surface area contributed by atoms with Crippen LogP contribution in [0.25, 0.3) is 16.8 Å². The Balaban J connectivity index is 1.51. The molecule has 1 aliphatic rings. The minimum Gasteiger partial charge on any atom is -0.369 e. The molecule has 0 spiro atoms. The fourth-order valence-corrected chi connectivity index (χ4v) is 4.29. The summed E-state index contributed by atoms with van der Waals surface area (Å²) in [4.78, 5) is 4.63. The summed E-state index contributed by atoms with van der Waals surface area (Å²) >= 11 is 0. The lowest BCUT2D eigenvalue weighted by Crippen LogP contribution is -2.19. The zero-order valence-electron chi connectivity index (χ0n) is 17.8. The number of aryl methyl sites for hydroxylation is 2. The van der Waals surface area contributed by atoms with Gasteiger partial charge in [0, 0.05) is 37.2 Å².